The van der Waals surface area contributed by atoms with Gasteiger partial charge in [0, 0.05) is 17.1 Å². The van der Waals surface area contributed by atoms with E-state index in [-0.39, 0.29) is 0 Å². The van der Waals surface area contributed by atoms with Gasteiger partial charge in [0.05, 0.1) is 7.11 Å². The van der Waals surface area contributed by atoms with Crippen LogP contribution in [0.2, 0.25) is 0 Å². The summed E-state index contributed by atoms with van der Waals surface area (Å²) in [7, 11) is 1.68. The fourth-order valence-electron chi connectivity index (χ4n) is 1.88. The van der Waals surface area contributed by atoms with E-state index < -0.39 is 0 Å². The minimum atomic E-state index is 0.314. The van der Waals surface area contributed by atoms with Crippen LogP contribution < -0.4 is 10.1 Å². The zero-order chi connectivity index (χ0) is 13.7. The number of hydrogen-bond donors (Lipinski definition) is 1. The lowest BCUT2D eigenvalue weighted by atomic mass is 10.1. The first-order valence-electron chi connectivity index (χ1n) is 6.31. The van der Waals surface area contributed by atoms with Crippen LogP contribution >= 0.6 is 15.9 Å². The summed E-state index contributed by atoms with van der Waals surface area (Å²) in [5, 5.41) is 3.52. The van der Waals surface area contributed by atoms with Gasteiger partial charge in [-0.1, -0.05) is 40.2 Å². The molecule has 1 atom stereocenters. The molecule has 100 valence electrons. The van der Waals surface area contributed by atoms with Crippen LogP contribution in [0.25, 0.3) is 0 Å². The number of rotatable bonds is 5. The molecule has 0 saturated carbocycles. The number of methoxy groups -OCH3 is 1. The van der Waals surface area contributed by atoms with Crippen molar-refractivity contribution in [1.82, 2.24) is 5.32 Å². The van der Waals surface area contributed by atoms with E-state index in [1.165, 1.54) is 11.1 Å². The second-order valence-electron chi connectivity index (χ2n) is 4.50. The number of ether oxygens (including phenoxy) is 1. The first-order valence-corrected chi connectivity index (χ1v) is 7.10. The van der Waals surface area contributed by atoms with Gasteiger partial charge in [-0.25, -0.2) is 0 Å². The number of halogens is 1. The first kappa shape index (κ1) is 14.1. The van der Waals surface area contributed by atoms with Crippen molar-refractivity contribution in [2.24, 2.45) is 0 Å². The standard InChI is InChI=1S/C16H18BrNO/c1-12(14-5-9-16(19-2)10-6-14)18-11-13-3-7-15(17)8-4-13/h3-10,12,18H,11H2,1-2H3. The maximum absolute atomic E-state index is 5.16. The molecule has 0 amide bonds. The Morgan fingerprint density at radius 1 is 1.05 bits per heavy atom. The van der Waals surface area contributed by atoms with Crippen LogP contribution in [0.1, 0.15) is 24.1 Å². The van der Waals surface area contributed by atoms with E-state index in [4.69, 9.17) is 4.74 Å². The summed E-state index contributed by atoms with van der Waals surface area (Å²) in [5.74, 6) is 0.892. The highest BCUT2D eigenvalue weighted by Crippen LogP contribution is 2.18. The van der Waals surface area contributed by atoms with Crippen LogP contribution in [-0.4, -0.2) is 7.11 Å². The summed E-state index contributed by atoms with van der Waals surface area (Å²) in [4.78, 5) is 0. The highest BCUT2D eigenvalue weighted by molar-refractivity contribution is 9.10. The molecular weight excluding hydrogens is 302 g/mol. The molecule has 0 heterocycles. The Balaban J connectivity index is 1.93. The fourth-order valence-corrected chi connectivity index (χ4v) is 2.15. The molecule has 2 aromatic carbocycles. The predicted octanol–water partition coefficient (Wildman–Crippen LogP) is 4.31. The van der Waals surface area contributed by atoms with Crippen molar-refractivity contribution in [1.29, 1.82) is 0 Å². The van der Waals surface area contributed by atoms with Crippen molar-refractivity contribution >= 4 is 15.9 Å². The number of nitrogens with one attached hydrogen (secondary N) is 1. The number of benzene rings is 2. The molecule has 0 bridgehead atoms. The molecule has 19 heavy (non-hydrogen) atoms. The van der Waals surface area contributed by atoms with Gasteiger partial charge in [-0.2, -0.15) is 0 Å². The van der Waals surface area contributed by atoms with Gasteiger partial charge in [-0.05, 0) is 42.3 Å². The Kier molecular flexibility index (Phi) is 5.00. The van der Waals surface area contributed by atoms with Gasteiger partial charge in [0.2, 0.25) is 0 Å². The molecule has 1 N–H and O–H groups in total. The molecule has 1 unspecified atom stereocenters. The smallest absolute Gasteiger partial charge is 0.118 e. The van der Waals surface area contributed by atoms with Gasteiger partial charge < -0.3 is 10.1 Å². The Morgan fingerprint density at radius 3 is 2.26 bits per heavy atom. The van der Waals surface area contributed by atoms with Crippen LogP contribution in [0.5, 0.6) is 5.75 Å². The summed E-state index contributed by atoms with van der Waals surface area (Å²) in [5.41, 5.74) is 2.54. The van der Waals surface area contributed by atoms with E-state index in [1.54, 1.807) is 7.11 Å². The van der Waals surface area contributed by atoms with Crippen LogP contribution in [-0.2, 0) is 6.54 Å². The summed E-state index contributed by atoms with van der Waals surface area (Å²) < 4.78 is 6.28. The average molecular weight is 320 g/mol. The van der Waals surface area contributed by atoms with Gasteiger partial charge in [-0.15, -0.1) is 0 Å². The largest absolute Gasteiger partial charge is 0.497 e. The van der Waals surface area contributed by atoms with Gasteiger partial charge in [0.25, 0.3) is 0 Å². The Morgan fingerprint density at radius 2 is 1.68 bits per heavy atom. The molecule has 3 heteroatoms. The lowest BCUT2D eigenvalue weighted by Gasteiger charge is -2.14. The molecule has 0 aromatic heterocycles. The highest BCUT2D eigenvalue weighted by Gasteiger charge is 2.04. The van der Waals surface area contributed by atoms with Crippen molar-refractivity contribution in [3.63, 3.8) is 0 Å². The Labute approximate surface area is 122 Å². The van der Waals surface area contributed by atoms with E-state index in [0.717, 1.165) is 16.8 Å². The quantitative estimate of drug-likeness (QED) is 0.886. The first-order chi connectivity index (χ1) is 9.19. The normalized spacial score (nSPS) is 12.2. The lowest BCUT2D eigenvalue weighted by Crippen LogP contribution is -2.17. The van der Waals surface area contributed by atoms with Crippen molar-refractivity contribution < 1.29 is 4.74 Å². The molecule has 2 nitrogen and oxygen atoms in total. The van der Waals surface area contributed by atoms with E-state index in [9.17, 15) is 0 Å². The van der Waals surface area contributed by atoms with E-state index in [0.29, 0.717) is 6.04 Å². The molecule has 0 aliphatic heterocycles. The molecule has 2 rings (SSSR count). The van der Waals surface area contributed by atoms with Crippen LogP contribution in [0, 0.1) is 0 Å². The average Bonchev–Trinajstić information content (AvgIpc) is 2.46. The van der Waals surface area contributed by atoms with Gasteiger partial charge in [0.15, 0.2) is 0 Å². The number of hydrogen-bond acceptors (Lipinski definition) is 2. The molecule has 0 saturated heterocycles. The summed E-state index contributed by atoms with van der Waals surface area (Å²) >= 11 is 3.44. The molecule has 0 fully saturated rings. The van der Waals surface area contributed by atoms with E-state index in [2.05, 4.69) is 64.6 Å². The monoisotopic (exact) mass is 319 g/mol. The van der Waals surface area contributed by atoms with E-state index >= 15 is 0 Å². The SMILES string of the molecule is COc1ccc(C(C)NCc2ccc(Br)cc2)cc1. The molecule has 0 aliphatic carbocycles. The van der Waals surface area contributed by atoms with Gasteiger partial charge in [-0.3, -0.25) is 0 Å². The zero-order valence-electron chi connectivity index (χ0n) is 11.2. The zero-order valence-corrected chi connectivity index (χ0v) is 12.8. The maximum Gasteiger partial charge on any atom is 0.118 e. The van der Waals surface area contributed by atoms with Crippen LogP contribution in [0.4, 0.5) is 0 Å². The summed E-state index contributed by atoms with van der Waals surface area (Å²) in [6.07, 6.45) is 0. The molecule has 0 radical (unpaired) electrons. The van der Waals surface area contributed by atoms with E-state index in [1.807, 2.05) is 12.1 Å². The second kappa shape index (κ2) is 6.73. The summed E-state index contributed by atoms with van der Waals surface area (Å²) in [6.45, 7) is 3.03. The third-order valence-corrected chi connectivity index (χ3v) is 3.67. The third-order valence-electron chi connectivity index (χ3n) is 3.14. The van der Waals surface area contributed by atoms with Crippen LogP contribution in [0.15, 0.2) is 53.0 Å². The van der Waals surface area contributed by atoms with Crippen LogP contribution in [0.3, 0.4) is 0 Å². The van der Waals surface area contributed by atoms with Gasteiger partial charge in [0.1, 0.15) is 5.75 Å². The predicted molar refractivity (Wildman–Crippen MR) is 82.4 cm³/mol. The third kappa shape index (κ3) is 4.08. The minimum Gasteiger partial charge on any atom is -0.497 e. The Hall–Kier alpha value is -1.32. The van der Waals surface area contributed by atoms with Crippen molar-refractivity contribution in [3.05, 3.63) is 64.1 Å². The molecular formula is C16H18BrNO. The molecule has 2 aromatic rings. The fraction of sp³-hybridized carbons (Fsp3) is 0.250. The summed E-state index contributed by atoms with van der Waals surface area (Å²) in [6, 6.07) is 16.9. The van der Waals surface area contributed by atoms with Crippen molar-refractivity contribution in [2.75, 3.05) is 7.11 Å². The van der Waals surface area contributed by atoms with Crippen molar-refractivity contribution in [2.45, 2.75) is 19.5 Å². The molecule has 0 aliphatic rings. The molecule has 0 spiro atoms. The topological polar surface area (TPSA) is 21.3 Å². The maximum atomic E-state index is 5.16. The van der Waals surface area contributed by atoms with Crippen molar-refractivity contribution in [3.8, 4) is 5.75 Å². The highest BCUT2D eigenvalue weighted by atomic mass is 79.9. The lowest BCUT2D eigenvalue weighted by molar-refractivity contribution is 0.414. The minimum absolute atomic E-state index is 0.314. The Bertz CT molecular complexity index is 507. The second-order valence-corrected chi connectivity index (χ2v) is 5.42. The van der Waals surface area contributed by atoms with Gasteiger partial charge >= 0.3 is 0 Å².